The van der Waals surface area contributed by atoms with Gasteiger partial charge >= 0.3 is 0 Å². The highest BCUT2D eigenvalue weighted by atomic mass is 32.2. The van der Waals surface area contributed by atoms with Gasteiger partial charge in [-0.1, -0.05) is 13.3 Å². The van der Waals surface area contributed by atoms with Gasteiger partial charge in [-0.25, -0.2) is 8.42 Å². The predicted molar refractivity (Wildman–Crippen MR) is 124 cm³/mol. The molecular formula is C24H37N3O3S. The van der Waals surface area contributed by atoms with Crippen molar-refractivity contribution in [2.24, 2.45) is 5.92 Å². The lowest BCUT2D eigenvalue weighted by Crippen LogP contribution is -2.38. The van der Waals surface area contributed by atoms with Gasteiger partial charge in [0.25, 0.3) is 5.91 Å². The van der Waals surface area contributed by atoms with E-state index < -0.39 is 10.0 Å². The van der Waals surface area contributed by atoms with Gasteiger partial charge in [0.2, 0.25) is 10.0 Å². The summed E-state index contributed by atoms with van der Waals surface area (Å²) in [7, 11) is -3.63. The third-order valence-electron chi connectivity index (χ3n) is 6.79. The molecule has 0 spiro atoms. The van der Waals surface area contributed by atoms with E-state index in [4.69, 9.17) is 0 Å². The van der Waals surface area contributed by atoms with Crippen molar-refractivity contribution in [3.05, 3.63) is 23.8 Å². The quantitative estimate of drug-likeness (QED) is 0.602. The number of rotatable bonds is 8. The summed E-state index contributed by atoms with van der Waals surface area (Å²) in [5.74, 6) is 0.578. The van der Waals surface area contributed by atoms with Crippen LogP contribution >= 0.6 is 0 Å². The van der Waals surface area contributed by atoms with Crippen molar-refractivity contribution in [2.75, 3.05) is 44.2 Å². The summed E-state index contributed by atoms with van der Waals surface area (Å²) in [6.45, 7) is 6.48. The van der Waals surface area contributed by atoms with E-state index >= 15 is 0 Å². The lowest BCUT2D eigenvalue weighted by molar-refractivity contribution is 0.0747. The molecule has 4 rings (SSSR count). The molecule has 3 fully saturated rings. The third-order valence-corrected chi connectivity index (χ3v) is 8.72. The van der Waals surface area contributed by atoms with Crippen LogP contribution < -0.4 is 4.90 Å². The minimum absolute atomic E-state index is 0.0333. The lowest BCUT2D eigenvalue weighted by atomic mass is 10.1. The predicted octanol–water partition coefficient (Wildman–Crippen LogP) is 4.11. The molecule has 2 saturated heterocycles. The first-order chi connectivity index (χ1) is 15.0. The van der Waals surface area contributed by atoms with Crippen LogP contribution in [-0.2, 0) is 10.0 Å². The number of piperidine rings is 2. The molecule has 0 bridgehead atoms. The van der Waals surface area contributed by atoms with Crippen LogP contribution in [0, 0.1) is 5.92 Å². The molecule has 7 heteroatoms. The van der Waals surface area contributed by atoms with Crippen LogP contribution in [0.2, 0.25) is 0 Å². The van der Waals surface area contributed by atoms with Gasteiger partial charge in [-0.3, -0.25) is 4.79 Å². The van der Waals surface area contributed by atoms with Crippen molar-refractivity contribution in [2.45, 2.75) is 69.6 Å². The molecule has 0 N–H and O–H groups in total. The molecule has 172 valence electrons. The summed E-state index contributed by atoms with van der Waals surface area (Å²) in [4.78, 5) is 17.8. The van der Waals surface area contributed by atoms with Crippen molar-refractivity contribution in [3.63, 3.8) is 0 Å². The first-order valence-electron chi connectivity index (χ1n) is 12.2. The second-order valence-corrected chi connectivity index (χ2v) is 11.3. The molecule has 1 amide bonds. The molecule has 6 nitrogen and oxygen atoms in total. The Morgan fingerprint density at radius 2 is 1.65 bits per heavy atom. The third kappa shape index (κ3) is 5.25. The molecule has 31 heavy (non-hydrogen) atoms. The Morgan fingerprint density at radius 1 is 1.00 bits per heavy atom. The zero-order valence-electron chi connectivity index (χ0n) is 18.9. The van der Waals surface area contributed by atoms with E-state index in [9.17, 15) is 13.2 Å². The monoisotopic (exact) mass is 447 g/mol. The summed E-state index contributed by atoms with van der Waals surface area (Å²) in [5, 5.41) is 0. The van der Waals surface area contributed by atoms with Crippen LogP contribution in [0.25, 0.3) is 0 Å². The highest BCUT2D eigenvalue weighted by Gasteiger charge is 2.32. The van der Waals surface area contributed by atoms with E-state index in [-0.39, 0.29) is 5.91 Å². The SMILES string of the molecule is CCCN(CC1CC1)C(=O)c1ccc(N2CCCCC2)c(S(=O)(=O)N2CCCCC2)c1. The lowest BCUT2D eigenvalue weighted by Gasteiger charge is -2.33. The summed E-state index contributed by atoms with van der Waals surface area (Å²) in [6, 6.07) is 5.40. The molecule has 0 atom stereocenters. The first-order valence-corrected chi connectivity index (χ1v) is 13.6. The topological polar surface area (TPSA) is 60.9 Å². The molecule has 1 aliphatic carbocycles. The molecule has 1 saturated carbocycles. The number of carbonyl (C=O) groups excluding carboxylic acids is 1. The summed E-state index contributed by atoms with van der Waals surface area (Å²) >= 11 is 0. The van der Waals surface area contributed by atoms with Gasteiger partial charge in [-0.15, -0.1) is 0 Å². The average Bonchev–Trinajstić information content (AvgIpc) is 3.63. The molecule has 1 aromatic rings. The molecule has 0 radical (unpaired) electrons. The fourth-order valence-corrected chi connectivity index (χ4v) is 6.59. The van der Waals surface area contributed by atoms with Gasteiger partial charge in [-0.2, -0.15) is 4.31 Å². The van der Waals surface area contributed by atoms with Gasteiger partial charge < -0.3 is 9.80 Å². The number of amides is 1. The Bertz CT molecular complexity index is 870. The Balaban J connectivity index is 1.69. The number of nitrogens with zero attached hydrogens (tertiary/aromatic N) is 3. The zero-order chi connectivity index (χ0) is 21.8. The minimum Gasteiger partial charge on any atom is -0.370 e. The van der Waals surface area contributed by atoms with Crippen LogP contribution in [0.5, 0.6) is 0 Å². The zero-order valence-corrected chi connectivity index (χ0v) is 19.7. The van der Waals surface area contributed by atoms with E-state index in [0.717, 1.165) is 70.4 Å². The number of hydrogen-bond acceptors (Lipinski definition) is 4. The summed E-state index contributed by atoms with van der Waals surface area (Å²) in [6.07, 6.45) is 9.52. The van der Waals surface area contributed by atoms with Gasteiger partial charge in [0.1, 0.15) is 4.90 Å². The van der Waals surface area contributed by atoms with Crippen molar-refractivity contribution in [1.82, 2.24) is 9.21 Å². The highest BCUT2D eigenvalue weighted by molar-refractivity contribution is 7.89. The van der Waals surface area contributed by atoms with Crippen LogP contribution in [0.15, 0.2) is 23.1 Å². The molecular weight excluding hydrogens is 410 g/mol. The van der Waals surface area contributed by atoms with E-state index in [1.165, 1.54) is 19.3 Å². The van der Waals surface area contributed by atoms with Crippen molar-refractivity contribution in [3.8, 4) is 0 Å². The van der Waals surface area contributed by atoms with Crippen LogP contribution in [0.3, 0.4) is 0 Å². The van der Waals surface area contributed by atoms with Crippen molar-refractivity contribution < 1.29 is 13.2 Å². The summed E-state index contributed by atoms with van der Waals surface area (Å²) < 4.78 is 29.0. The van der Waals surface area contributed by atoms with Crippen molar-refractivity contribution >= 4 is 21.6 Å². The summed E-state index contributed by atoms with van der Waals surface area (Å²) in [5.41, 5.74) is 1.27. The molecule has 3 aliphatic rings. The van der Waals surface area contributed by atoms with Crippen LogP contribution in [0.4, 0.5) is 5.69 Å². The molecule has 0 unspecified atom stereocenters. The van der Waals surface area contributed by atoms with Gasteiger partial charge in [0.05, 0.1) is 5.69 Å². The normalized spacial score (nSPS) is 20.6. The van der Waals surface area contributed by atoms with Gasteiger partial charge in [-0.05, 0) is 75.5 Å². The fraction of sp³-hybridized carbons (Fsp3) is 0.708. The number of benzene rings is 1. The van der Waals surface area contributed by atoms with Crippen LogP contribution in [-0.4, -0.2) is 62.8 Å². The Labute approximate surface area is 187 Å². The maximum Gasteiger partial charge on any atom is 0.253 e. The smallest absolute Gasteiger partial charge is 0.253 e. The largest absolute Gasteiger partial charge is 0.370 e. The Kier molecular flexibility index (Phi) is 7.22. The molecule has 0 aromatic heterocycles. The van der Waals surface area contributed by atoms with E-state index in [1.807, 2.05) is 17.0 Å². The minimum atomic E-state index is -3.63. The number of anilines is 1. The fourth-order valence-electron chi connectivity index (χ4n) is 4.83. The second kappa shape index (κ2) is 9.90. The van der Waals surface area contributed by atoms with Gasteiger partial charge in [0.15, 0.2) is 0 Å². The van der Waals surface area contributed by atoms with E-state index in [2.05, 4.69) is 11.8 Å². The molecule has 1 aromatic carbocycles. The standard InChI is InChI=1S/C24H37N3O3S/c1-2-13-26(19-20-9-10-20)24(28)21-11-12-22(25-14-5-3-6-15-25)23(18-21)31(29,30)27-16-7-4-8-17-27/h11-12,18,20H,2-10,13-17,19H2,1H3. The van der Waals surface area contributed by atoms with Crippen molar-refractivity contribution in [1.29, 1.82) is 0 Å². The molecule has 2 heterocycles. The molecule has 2 aliphatic heterocycles. The highest BCUT2D eigenvalue weighted by Crippen LogP contribution is 2.34. The van der Waals surface area contributed by atoms with E-state index in [0.29, 0.717) is 29.5 Å². The average molecular weight is 448 g/mol. The first kappa shape index (κ1) is 22.6. The van der Waals surface area contributed by atoms with Gasteiger partial charge in [0, 0.05) is 44.8 Å². The number of sulfonamides is 1. The van der Waals surface area contributed by atoms with Crippen LogP contribution in [0.1, 0.15) is 75.1 Å². The maximum atomic E-state index is 13.7. The second-order valence-electron chi connectivity index (χ2n) is 9.39. The maximum absolute atomic E-state index is 13.7. The van der Waals surface area contributed by atoms with E-state index in [1.54, 1.807) is 10.4 Å². The Morgan fingerprint density at radius 3 is 2.26 bits per heavy atom. The number of hydrogen-bond donors (Lipinski definition) is 0. The Hall–Kier alpha value is -1.60. The number of carbonyl (C=O) groups is 1.